The highest BCUT2D eigenvalue weighted by Crippen LogP contribution is 2.24. The van der Waals surface area contributed by atoms with Crippen molar-refractivity contribution in [2.24, 2.45) is 0 Å². The number of para-hydroxylation sites is 2. The summed E-state index contributed by atoms with van der Waals surface area (Å²) < 4.78 is 2.22. The molecule has 0 radical (unpaired) electrons. The van der Waals surface area contributed by atoms with Crippen molar-refractivity contribution in [2.75, 3.05) is 7.05 Å². The summed E-state index contributed by atoms with van der Waals surface area (Å²) in [6.07, 6.45) is 7.20. The molecule has 1 aromatic heterocycles. The van der Waals surface area contributed by atoms with Crippen LogP contribution in [0.3, 0.4) is 0 Å². The number of hydrogen-bond acceptors (Lipinski definition) is 3. The van der Waals surface area contributed by atoms with Crippen molar-refractivity contribution >= 4 is 11.0 Å². The van der Waals surface area contributed by atoms with Gasteiger partial charge in [0.1, 0.15) is 5.82 Å². The highest BCUT2D eigenvalue weighted by atomic mass is 15.2. The summed E-state index contributed by atoms with van der Waals surface area (Å²) in [5.41, 5.74) is 2.18. The lowest BCUT2D eigenvalue weighted by atomic mass is 9.94. The number of nitrogens with zero attached hydrogens (tertiary/aromatic N) is 4. The maximum Gasteiger partial charge on any atom is 0.124 e. The molecule has 116 valence electrons. The van der Waals surface area contributed by atoms with Crippen LogP contribution in [0.2, 0.25) is 0 Å². The number of nitriles is 1. The van der Waals surface area contributed by atoms with Crippen LogP contribution < -0.4 is 0 Å². The predicted octanol–water partition coefficient (Wildman–Crippen LogP) is 3.71. The van der Waals surface area contributed by atoms with Crippen molar-refractivity contribution in [3.63, 3.8) is 0 Å². The Morgan fingerprint density at radius 2 is 2.05 bits per heavy atom. The Morgan fingerprint density at radius 3 is 2.82 bits per heavy atom. The first-order valence-corrected chi connectivity index (χ1v) is 8.31. The molecule has 1 aromatic carbocycles. The highest BCUT2D eigenvalue weighted by Gasteiger charge is 2.20. The van der Waals surface area contributed by atoms with Crippen molar-refractivity contribution in [1.29, 1.82) is 5.26 Å². The predicted molar refractivity (Wildman–Crippen MR) is 88.3 cm³/mol. The molecule has 0 aliphatic heterocycles. The van der Waals surface area contributed by atoms with Gasteiger partial charge in [-0.05, 0) is 32.0 Å². The maximum atomic E-state index is 8.92. The molecule has 0 saturated heterocycles. The van der Waals surface area contributed by atoms with Crippen molar-refractivity contribution in [3.05, 3.63) is 30.1 Å². The number of aryl methyl sites for hydroxylation is 1. The third kappa shape index (κ3) is 3.15. The molecule has 0 atom stereocenters. The van der Waals surface area contributed by atoms with E-state index in [0.717, 1.165) is 29.9 Å². The van der Waals surface area contributed by atoms with E-state index in [9.17, 15) is 0 Å². The fraction of sp³-hybridized carbons (Fsp3) is 0.556. The summed E-state index contributed by atoms with van der Waals surface area (Å²) in [6.45, 7) is 1.59. The zero-order valence-electron chi connectivity index (χ0n) is 13.3. The van der Waals surface area contributed by atoms with Crippen LogP contribution >= 0.6 is 0 Å². The van der Waals surface area contributed by atoms with Crippen LogP contribution in [-0.2, 0) is 13.1 Å². The molecular formula is C18H24N4. The SMILES string of the molecule is CN(Cc1nc2ccccc2n1CCC#N)C1CCCCC1. The van der Waals surface area contributed by atoms with Crippen LogP contribution in [0.25, 0.3) is 11.0 Å². The molecule has 0 amide bonds. The summed E-state index contributed by atoms with van der Waals surface area (Å²) in [7, 11) is 2.21. The molecule has 1 aliphatic carbocycles. The van der Waals surface area contributed by atoms with E-state index < -0.39 is 0 Å². The molecule has 2 aromatic rings. The Hall–Kier alpha value is -1.86. The Kier molecular flexibility index (Phi) is 4.74. The van der Waals surface area contributed by atoms with Gasteiger partial charge in [-0.2, -0.15) is 5.26 Å². The quantitative estimate of drug-likeness (QED) is 0.844. The van der Waals surface area contributed by atoms with Gasteiger partial charge in [-0.3, -0.25) is 4.90 Å². The van der Waals surface area contributed by atoms with Gasteiger partial charge in [-0.15, -0.1) is 0 Å². The van der Waals surface area contributed by atoms with E-state index in [1.54, 1.807) is 0 Å². The Morgan fingerprint density at radius 1 is 1.27 bits per heavy atom. The summed E-state index contributed by atoms with van der Waals surface area (Å²) >= 11 is 0. The molecule has 4 heteroatoms. The van der Waals surface area contributed by atoms with Gasteiger partial charge in [0.2, 0.25) is 0 Å². The monoisotopic (exact) mass is 296 g/mol. The normalized spacial score (nSPS) is 16.2. The second-order valence-corrected chi connectivity index (χ2v) is 6.28. The van der Waals surface area contributed by atoms with E-state index in [1.807, 2.05) is 12.1 Å². The van der Waals surface area contributed by atoms with Gasteiger partial charge in [0, 0.05) is 12.6 Å². The topological polar surface area (TPSA) is 44.9 Å². The summed E-state index contributed by atoms with van der Waals surface area (Å²) in [5.74, 6) is 1.09. The number of benzene rings is 1. The van der Waals surface area contributed by atoms with Crippen LogP contribution in [0.1, 0.15) is 44.3 Å². The van der Waals surface area contributed by atoms with Gasteiger partial charge < -0.3 is 4.57 Å². The van der Waals surface area contributed by atoms with Crippen molar-refractivity contribution in [1.82, 2.24) is 14.5 Å². The summed E-state index contributed by atoms with van der Waals surface area (Å²) in [4.78, 5) is 7.26. The molecule has 0 bridgehead atoms. The third-order valence-electron chi connectivity index (χ3n) is 4.77. The maximum absolute atomic E-state index is 8.92. The van der Waals surface area contributed by atoms with Crippen molar-refractivity contribution < 1.29 is 0 Å². The van der Waals surface area contributed by atoms with E-state index in [2.05, 4.69) is 34.7 Å². The Labute approximate surface area is 132 Å². The number of imidazole rings is 1. The minimum absolute atomic E-state index is 0.528. The van der Waals surface area contributed by atoms with Gasteiger partial charge in [-0.25, -0.2) is 4.98 Å². The third-order valence-corrected chi connectivity index (χ3v) is 4.77. The average molecular weight is 296 g/mol. The summed E-state index contributed by atoms with van der Waals surface area (Å²) in [5, 5.41) is 8.92. The van der Waals surface area contributed by atoms with Crippen molar-refractivity contribution in [3.8, 4) is 6.07 Å². The second-order valence-electron chi connectivity index (χ2n) is 6.28. The van der Waals surface area contributed by atoms with E-state index in [0.29, 0.717) is 12.5 Å². The number of aromatic nitrogens is 2. The lowest BCUT2D eigenvalue weighted by molar-refractivity contribution is 0.179. The standard InChI is InChI=1S/C18H24N4/c1-21(15-8-3-2-4-9-15)14-18-20-16-10-5-6-11-17(16)22(18)13-7-12-19/h5-6,10-11,15H,2-4,7-9,13-14H2,1H3. The molecule has 3 rings (SSSR count). The Balaban J connectivity index is 1.83. The molecule has 0 N–H and O–H groups in total. The van der Waals surface area contributed by atoms with Crippen LogP contribution in [0.4, 0.5) is 0 Å². The lowest BCUT2D eigenvalue weighted by Gasteiger charge is -2.31. The zero-order chi connectivity index (χ0) is 15.4. The number of rotatable bonds is 5. The molecule has 1 heterocycles. The molecule has 1 saturated carbocycles. The molecular weight excluding hydrogens is 272 g/mol. The van der Waals surface area contributed by atoms with Crippen molar-refractivity contribution in [2.45, 2.75) is 57.7 Å². The molecule has 4 nitrogen and oxygen atoms in total. The minimum Gasteiger partial charge on any atom is -0.326 e. The fourth-order valence-corrected chi connectivity index (χ4v) is 3.53. The molecule has 0 unspecified atom stereocenters. The van der Waals surface area contributed by atoms with Crippen LogP contribution in [-0.4, -0.2) is 27.5 Å². The average Bonchev–Trinajstić information content (AvgIpc) is 2.91. The molecule has 1 aliphatic rings. The molecule has 1 fully saturated rings. The second kappa shape index (κ2) is 6.93. The first-order valence-electron chi connectivity index (χ1n) is 8.31. The minimum atomic E-state index is 0.528. The van der Waals surface area contributed by atoms with Gasteiger partial charge in [0.05, 0.1) is 30.1 Å². The van der Waals surface area contributed by atoms with Gasteiger partial charge in [0.15, 0.2) is 0 Å². The molecule has 22 heavy (non-hydrogen) atoms. The van der Waals surface area contributed by atoms with Gasteiger partial charge in [-0.1, -0.05) is 31.4 Å². The van der Waals surface area contributed by atoms with Crippen LogP contribution in [0.5, 0.6) is 0 Å². The largest absolute Gasteiger partial charge is 0.326 e. The van der Waals surface area contributed by atoms with Crippen LogP contribution in [0.15, 0.2) is 24.3 Å². The van der Waals surface area contributed by atoms with Gasteiger partial charge >= 0.3 is 0 Å². The van der Waals surface area contributed by atoms with E-state index >= 15 is 0 Å². The van der Waals surface area contributed by atoms with E-state index in [-0.39, 0.29) is 0 Å². The number of hydrogen-bond donors (Lipinski definition) is 0. The first-order chi connectivity index (χ1) is 10.8. The smallest absolute Gasteiger partial charge is 0.124 e. The molecule has 0 spiro atoms. The van der Waals surface area contributed by atoms with Crippen LogP contribution in [0, 0.1) is 11.3 Å². The Bertz CT molecular complexity index is 661. The van der Waals surface area contributed by atoms with E-state index in [1.165, 1.54) is 32.1 Å². The highest BCUT2D eigenvalue weighted by molar-refractivity contribution is 5.75. The van der Waals surface area contributed by atoms with E-state index in [4.69, 9.17) is 10.2 Å². The lowest BCUT2D eigenvalue weighted by Crippen LogP contribution is -2.33. The zero-order valence-corrected chi connectivity index (χ0v) is 13.3. The fourth-order valence-electron chi connectivity index (χ4n) is 3.53. The van der Waals surface area contributed by atoms with Gasteiger partial charge in [0.25, 0.3) is 0 Å². The first kappa shape index (κ1) is 15.1. The number of fused-ring (bicyclic) bond motifs is 1. The summed E-state index contributed by atoms with van der Waals surface area (Å²) in [6, 6.07) is 11.2.